The SMILES string of the molecule is C=C(C)C(=O)OCC.c1ccc2c(c1)Cc1ccccc1-2. The Morgan fingerprint density at radius 2 is 1.52 bits per heavy atom. The molecule has 0 saturated carbocycles. The van der Waals surface area contributed by atoms with Crippen molar-refractivity contribution in [2.24, 2.45) is 0 Å². The van der Waals surface area contributed by atoms with E-state index in [9.17, 15) is 4.79 Å². The molecule has 21 heavy (non-hydrogen) atoms. The van der Waals surface area contributed by atoms with Crippen molar-refractivity contribution in [2.75, 3.05) is 6.61 Å². The van der Waals surface area contributed by atoms with Gasteiger partial charge in [-0.1, -0.05) is 55.1 Å². The van der Waals surface area contributed by atoms with Gasteiger partial charge in [0.25, 0.3) is 0 Å². The highest BCUT2D eigenvalue weighted by Gasteiger charge is 2.15. The van der Waals surface area contributed by atoms with E-state index in [1.807, 2.05) is 0 Å². The van der Waals surface area contributed by atoms with Crippen LogP contribution in [0.3, 0.4) is 0 Å². The highest BCUT2D eigenvalue weighted by molar-refractivity contribution is 5.86. The first-order valence-corrected chi connectivity index (χ1v) is 7.12. The van der Waals surface area contributed by atoms with E-state index in [4.69, 9.17) is 0 Å². The molecule has 3 rings (SSSR count). The molecule has 2 heteroatoms. The van der Waals surface area contributed by atoms with Gasteiger partial charge in [0.1, 0.15) is 0 Å². The number of benzene rings is 2. The summed E-state index contributed by atoms with van der Waals surface area (Å²) in [4.78, 5) is 10.4. The summed E-state index contributed by atoms with van der Waals surface area (Å²) in [6, 6.07) is 17.3. The zero-order valence-corrected chi connectivity index (χ0v) is 12.6. The van der Waals surface area contributed by atoms with Gasteiger partial charge < -0.3 is 4.74 Å². The Morgan fingerprint density at radius 3 is 1.90 bits per heavy atom. The fraction of sp³-hybridized carbons (Fsp3) is 0.211. The molecule has 2 aromatic carbocycles. The van der Waals surface area contributed by atoms with E-state index in [-0.39, 0.29) is 5.97 Å². The molecule has 0 amide bonds. The summed E-state index contributed by atoms with van der Waals surface area (Å²) in [5.74, 6) is -0.312. The van der Waals surface area contributed by atoms with Gasteiger partial charge in [0.2, 0.25) is 0 Å². The van der Waals surface area contributed by atoms with Crippen LogP contribution in [0.15, 0.2) is 60.7 Å². The number of ether oxygens (including phenoxy) is 1. The zero-order chi connectivity index (χ0) is 15.2. The summed E-state index contributed by atoms with van der Waals surface area (Å²) in [5.41, 5.74) is 6.20. The van der Waals surface area contributed by atoms with Crippen LogP contribution in [-0.2, 0) is 16.0 Å². The van der Waals surface area contributed by atoms with Crippen LogP contribution in [0, 0.1) is 0 Å². The summed E-state index contributed by atoms with van der Waals surface area (Å²) in [6.45, 7) is 7.21. The first-order chi connectivity index (χ1) is 10.1. The van der Waals surface area contributed by atoms with E-state index in [0.717, 1.165) is 6.42 Å². The number of esters is 1. The van der Waals surface area contributed by atoms with Crippen molar-refractivity contribution in [3.05, 3.63) is 71.8 Å². The van der Waals surface area contributed by atoms with Crippen molar-refractivity contribution in [3.63, 3.8) is 0 Å². The van der Waals surface area contributed by atoms with Crippen LogP contribution in [0.2, 0.25) is 0 Å². The third kappa shape index (κ3) is 3.60. The molecule has 0 heterocycles. The average molecular weight is 280 g/mol. The third-order valence-electron chi connectivity index (χ3n) is 3.33. The summed E-state index contributed by atoms with van der Waals surface area (Å²) >= 11 is 0. The zero-order valence-electron chi connectivity index (χ0n) is 12.6. The lowest BCUT2D eigenvalue weighted by atomic mass is 10.1. The van der Waals surface area contributed by atoms with Crippen LogP contribution < -0.4 is 0 Å². The van der Waals surface area contributed by atoms with Crippen molar-refractivity contribution in [3.8, 4) is 11.1 Å². The number of carbonyl (C=O) groups excluding carboxylic acids is 1. The van der Waals surface area contributed by atoms with E-state index in [1.165, 1.54) is 22.3 Å². The van der Waals surface area contributed by atoms with E-state index in [2.05, 4.69) is 59.8 Å². The quantitative estimate of drug-likeness (QED) is 0.514. The molecular weight excluding hydrogens is 260 g/mol. The predicted molar refractivity (Wildman–Crippen MR) is 86.1 cm³/mol. The molecule has 0 saturated heterocycles. The minimum absolute atomic E-state index is 0.312. The number of fused-ring (bicyclic) bond motifs is 3. The molecular formula is C19H20O2. The topological polar surface area (TPSA) is 26.3 Å². The molecule has 0 aromatic heterocycles. The van der Waals surface area contributed by atoms with Gasteiger partial charge in [-0.15, -0.1) is 0 Å². The lowest BCUT2D eigenvalue weighted by Gasteiger charge is -1.98. The lowest BCUT2D eigenvalue weighted by Crippen LogP contribution is -2.03. The van der Waals surface area contributed by atoms with E-state index < -0.39 is 0 Å². The van der Waals surface area contributed by atoms with Crippen molar-refractivity contribution >= 4 is 5.97 Å². The second kappa shape index (κ2) is 6.89. The molecule has 1 aliphatic rings. The maximum atomic E-state index is 10.4. The summed E-state index contributed by atoms with van der Waals surface area (Å²) in [5, 5.41) is 0. The van der Waals surface area contributed by atoms with Crippen molar-refractivity contribution in [2.45, 2.75) is 20.3 Å². The van der Waals surface area contributed by atoms with Gasteiger partial charge in [-0.2, -0.15) is 0 Å². The van der Waals surface area contributed by atoms with Crippen LogP contribution >= 0.6 is 0 Å². The molecule has 0 radical (unpaired) electrons. The van der Waals surface area contributed by atoms with Crippen LogP contribution in [0.1, 0.15) is 25.0 Å². The maximum absolute atomic E-state index is 10.4. The fourth-order valence-corrected chi connectivity index (χ4v) is 2.33. The van der Waals surface area contributed by atoms with Gasteiger partial charge in [-0.25, -0.2) is 4.79 Å². The number of carbonyl (C=O) groups is 1. The molecule has 2 aromatic rings. The molecule has 0 fully saturated rings. The van der Waals surface area contributed by atoms with Gasteiger partial charge in [-0.05, 0) is 42.5 Å². The minimum Gasteiger partial charge on any atom is -0.463 e. The monoisotopic (exact) mass is 280 g/mol. The summed E-state index contributed by atoms with van der Waals surface area (Å²) in [6.07, 6.45) is 1.10. The number of rotatable bonds is 2. The molecule has 0 aliphatic heterocycles. The Balaban J connectivity index is 0.000000177. The van der Waals surface area contributed by atoms with Crippen molar-refractivity contribution in [1.29, 1.82) is 0 Å². The first-order valence-electron chi connectivity index (χ1n) is 7.12. The van der Waals surface area contributed by atoms with Gasteiger partial charge in [-0.3, -0.25) is 0 Å². The number of hydrogen-bond donors (Lipinski definition) is 0. The van der Waals surface area contributed by atoms with Crippen molar-refractivity contribution < 1.29 is 9.53 Å². The molecule has 0 N–H and O–H groups in total. The summed E-state index contributed by atoms with van der Waals surface area (Å²) in [7, 11) is 0. The smallest absolute Gasteiger partial charge is 0.333 e. The van der Waals surface area contributed by atoms with Crippen molar-refractivity contribution in [1.82, 2.24) is 0 Å². The Bertz CT molecular complexity index is 613. The standard InChI is InChI=1S/C13H10.C6H10O2/c1-3-7-12-10(5-1)9-11-6-2-4-8-13(11)12;1-4-8-6(7)5(2)3/h1-8H,9H2;2,4H2,1,3H3. The molecule has 0 spiro atoms. The Labute approximate surface area is 126 Å². The fourth-order valence-electron chi connectivity index (χ4n) is 2.33. The average Bonchev–Trinajstić information content (AvgIpc) is 2.86. The largest absolute Gasteiger partial charge is 0.463 e. The first kappa shape index (κ1) is 15.0. The summed E-state index contributed by atoms with van der Waals surface area (Å²) < 4.78 is 4.56. The van der Waals surface area contributed by atoms with Crippen LogP contribution in [-0.4, -0.2) is 12.6 Å². The predicted octanol–water partition coefficient (Wildman–Crippen LogP) is 4.38. The lowest BCUT2D eigenvalue weighted by molar-refractivity contribution is -0.138. The minimum atomic E-state index is -0.312. The Morgan fingerprint density at radius 1 is 1.05 bits per heavy atom. The van der Waals surface area contributed by atoms with E-state index >= 15 is 0 Å². The Kier molecular flexibility index (Phi) is 4.94. The molecule has 0 unspecified atom stereocenters. The molecule has 0 bridgehead atoms. The second-order valence-corrected chi connectivity index (χ2v) is 4.99. The van der Waals surface area contributed by atoms with Gasteiger partial charge in [0.05, 0.1) is 6.61 Å². The maximum Gasteiger partial charge on any atom is 0.333 e. The Hall–Kier alpha value is -2.35. The molecule has 2 nitrogen and oxygen atoms in total. The molecule has 1 aliphatic carbocycles. The van der Waals surface area contributed by atoms with E-state index in [1.54, 1.807) is 13.8 Å². The van der Waals surface area contributed by atoms with Crippen LogP contribution in [0.4, 0.5) is 0 Å². The molecule has 0 atom stereocenters. The highest BCUT2D eigenvalue weighted by atomic mass is 16.5. The van der Waals surface area contributed by atoms with Crippen LogP contribution in [0.5, 0.6) is 0 Å². The highest BCUT2D eigenvalue weighted by Crippen LogP contribution is 2.35. The van der Waals surface area contributed by atoms with Crippen LogP contribution in [0.25, 0.3) is 11.1 Å². The van der Waals surface area contributed by atoms with Gasteiger partial charge in [0, 0.05) is 5.57 Å². The number of hydrogen-bond acceptors (Lipinski definition) is 2. The van der Waals surface area contributed by atoms with Gasteiger partial charge >= 0.3 is 5.97 Å². The normalized spacial score (nSPS) is 10.8. The van der Waals surface area contributed by atoms with Gasteiger partial charge in [0.15, 0.2) is 0 Å². The third-order valence-corrected chi connectivity index (χ3v) is 3.33. The van der Waals surface area contributed by atoms with E-state index in [0.29, 0.717) is 12.2 Å². The molecule has 108 valence electrons. The second-order valence-electron chi connectivity index (χ2n) is 4.99.